The number of aryl methyl sites for hydroxylation is 1. The maximum atomic E-state index is 12.8. The summed E-state index contributed by atoms with van der Waals surface area (Å²) in [4.78, 5) is 27.6. The van der Waals surface area contributed by atoms with Gasteiger partial charge in [0.1, 0.15) is 0 Å². The van der Waals surface area contributed by atoms with E-state index in [4.69, 9.17) is 23.2 Å². The maximum absolute atomic E-state index is 12.8. The first-order valence-electron chi connectivity index (χ1n) is 8.08. The number of carbonyl (C=O) groups is 2. The van der Waals surface area contributed by atoms with Crippen LogP contribution in [0.25, 0.3) is 0 Å². The minimum absolute atomic E-state index is 0.0489. The van der Waals surface area contributed by atoms with Crippen molar-refractivity contribution in [3.63, 3.8) is 0 Å². The van der Waals surface area contributed by atoms with Gasteiger partial charge in [-0.1, -0.05) is 29.3 Å². The number of H-pyrrole nitrogens is 1. The Kier molecular flexibility index (Phi) is 6.09. The van der Waals surface area contributed by atoms with Gasteiger partial charge in [-0.05, 0) is 57.9 Å². The van der Waals surface area contributed by atoms with Crippen LogP contribution in [-0.2, 0) is 0 Å². The molecule has 0 aliphatic heterocycles. The number of benzene rings is 1. The van der Waals surface area contributed by atoms with Crippen molar-refractivity contribution in [3.8, 4) is 0 Å². The first kappa shape index (κ1) is 19.7. The summed E-state index contributed by atoms with van der Waals surface area (Å²) < 4.78 is 0. The van der Waals surface area contributed by atoms with Gasteiger partial charge in [-0.15, -0.1) is 0 Å². The second-order valence-electron chi connectivity index (χ2n) is 6.32. The van der Waals surface area contributed by atoms with Crippen LogP contribution < -0.4 is 5.32 Å². The van der Waals surface area contributed by atoms with Gasteiger partial charge in [-0.2, -0.15) is 0 Å². The van der Waals surface area contributed by atoms with Crippen LogP contribution in [0.1, 0.15) is 64.5 Å². The molecule has 0 unspecified atom stereocenters. The highest BCUT2D eigenvalue weighted by Gasteiger charge is 2.25. The second-order valence-corrected chi connectivity index (χ2v) is 7.16. The number of aromatic amines is 1. The molecular formula is C19H22Cl2N2O2. The molecular weight excluding hydrogens is 359 g/mol. The summed E-state index contributed by atoms with van der Waals surface area (Å²) in [6.07, 6.45) is 0. The van der Waals surface area contributed by atoms with Crippen molar-refractivity contribution in [2.24, 2.45) is 0 Å². The second kappa shape index (κ2) is 7.73. The quantitative estimate of drug-likeness (QED) is 0.688. The molecule has 6 heteroatoms. The number of Topliss-reactive ketones (excluding diaryl/α,β-unsaturated/α-hetero) is 2. The zero-order valence-electron chi connectivity index (χ0n) is 15.0. The number of ketones is 2. The molecule has 4 nitrogen and oxygen atoms in total. The molecule has 0 spiro atoms. The lowest BCUT2D eigenvalue weighted by molar-refractivity contribution is 0.0940. The Morgan fingerprint density at radius 2 is 1.80 bits per heavy atom. The fourth-order valence-corrected chi connectivity index (χ4v) is 3.71. The Morgan fingerprint density at radius 3 is 2.32 bits per heavy atom. The fourth-order valence-electron chi connectivity index (χ4n) is 3.13. The van der Waals surface area contributed by atoms with Crippen LogP contribution in [0.15, 0.2) is 18.2 Å². The molecule has 2 aromatic rings. The molecule has 25 heavy (non-hydrogen) atoms. The summed E-state index contributed by atoms with van der Waals surface area (Å²) in [5.41, 5.74) is 3.34. The highest BCUT2D eigenvalue weighted by atomic mass is 35.5. The average molecular weight is 381 g/mol. The Morgan fingerprint density at radius 1 is 1.16 bits per heavy atom. The summed E-state index contributed by atoms with van der Waals surface area (Å²) in [5, 5.41) is 4.38. The van der Waals surface area contributed by atoms with Crippen molar-refractivity contribution < 1.29 is 9.59 Å². The molecule has 0 radical (unpaired) electrons. The van der Waals surface area contributed by atoms with Gasteiger partial charge in [0, 0.05) is 27.3 Å². The van der Waals surface area contributed by atoms with Crippen LogP contribution in [0.2, 0.25) is 10.0 Å². The lowest BCUT2D eigenvalue weighted by atomic mass is 10.0. The van der Waals surface area contributed by atoms with Crippen molar-refractivity contribution in [1.29, 1.82) is 0 Å². The Labute approximate surface area is 157 Å². The Bertz CT molecular complexity index is 827. The number of hydrogen-bond acceptors (Lipinski definition) is 3. The van der Waals surface area contributed by atoms with Crippen molar-refractivity contribution >= 4 is 34.8 Å². The number of nitrogens with one attached hydrogen (secondary N) is 2. The van der Waals surface area contributed by atoms with Gasteiger partial charge in [0.25, 0.3) is 0 Å². The van der Waals surface area contributed by atoms with Crippen LogP contribution in [0.5, 0.6) is 0 Å². The third-order valence-corrected chi connectivity index (χ3v) is 4.92. The van der Waals surface area contributed by atoms with Gasteiger partial charge in [0.05, 0.1) is 11.7 Å². The summed E-state index contributed by atoms with van der Waals surface area (Å²) in [6, 6.07) is 4.72. The minimum Gasteiger partial charge on any atom is -0.355 e. The van der Waals surface area contributed by atoms with Gasteiger partial charge >= 0.3 is 0 Å². The zero-order chi connectivity index (χ0) is 18.9. The molecule has 2 rings (SSSR count). The zero-order valence-corrected chi connectivity index (χ0v) is 16.5. The predicted molar refractivity (Wildman–Crippen MR) is 102 cm³/mol. The smallest absolute Gasteiger partial charge is 0.195 e. The highest BCUT2D eigenvalue weighted by molar-refractivity contribution is 6.35. The van der Waals surface area contributed by atoms with Crippen molar-refractivity contribution in [2.45, 2.75) is 46.7 Å². The van der Waals surface area contributed by atoms with Crippen LogP contribution in [0.4, 0.5) is 0 Å². The monoisotopic (exact) mass is 380 g/mol. The summed E-state index contributed by atoms with van der Waals surface area (Å²) >= 11 is 12.2. The average Bonchev–Trinajstić information content (AvgIpc) is 2.80. The first-order valence-corrected chi connectivity index (χ1v) is 8.84. The molecule has 0 amide bonds. The third-order valence-electron chi connectivity index (χ3n) is 4.36. The molecule has 0 aliphatic carbocycles. The van der Waals surface area contributed by atoms with E-state index in [1.54, 1.807) is 32.9 Å². The van der Waals surface area contributed by atoms with Gasteiger partial charge in [-0.3, -0.25) is 9.59 Å². The lowest BCUT2D eigenvalue weighted by Gasteiger charge is -2.20. The molecule has 2 atom stereocenters. The van der Waals surface area contributed by atoms with E-state index in [0.29, 0.717) is 32.6 Å². The van der Waals surface area contributed by atoms with Gasteiger partial charge in [0.15, 0.2) is 11.6 Å². The van der Waals surface area contributed by atoms with Gasteiger partial charge < -0.3 is 10.3 Å². The molecule has 134 valence electrons. The van der Waals surface area contributed by atoms with Crippen molar-refractivity contribution in [1.82, 2.24) is 10.3 Å². The Hall–Kier alpha value is -1.62. The Balaban J connectivity index is 2.20. The number of halogens is 2. The molecule has 0 saturated heterocycles. The molecule has 0 fully saturated rings. The van der Waals surface area contributed by atoms with Crippen LogP contribution >= 0.6 is 23.2 Å². The van der Waals surface area contributed by atoms with Crippen molar-refractivity contribution in [3.05, 3.63) is 56.3 Å². The van der Waals surface area contributed by atoms with E-state index in [1.807, 2.05) is 13.0 Å². The highest BCUT2D eigenvalue weighted by Crippen LogP contribution is 2.27. The van der Waals surface area contributed by atoms with E-state index in [9.17, 15) is 9.59 Å². The van der Waals surface area contributed by atoms with E-state index in [1.165, 1.54) is 6.92 Å². The van der Waals surface area contributed by atoms with E-state index < -0.39 is 6.04 Å². The van der Waals surface area contributed by atoms with Crippen molar-refractivity contribution in [2.75, 3.05) is 0 Å². The minimum atomic E-state index is -0.446. The SMILES string of the molecule is CC(=O)c1c(C)[nH]c(C(=O)[C@H](C)N[C@@H](C)c2ccc(Cl)cc2Cl)c1C. The summed E-state index contributed by atoms with van der Waals surface area (Å²) in [6.45, 7) is 8.83. The standard InChI is InChI=1S/C19H22Cl2N2O2/c1-9-17(13(5)24)11(3)23-18(9)19(25)12(4)22-10(2)15-7-6-14(20)8-16(15)21/h6-8,10,12,22-23H,1-5H3/t10-,12-/m0/s1. The van der Waals surface area contributed by atoms with Gasteiger partial charge in [0.2, 0.25) is 0 Å². The van der Waals surface area contributed by atoms with Gasteiger partial charge in [-0.25, -0.2) is 0 Å². The number of rotatable bonds is 6. The van der Waals surface area contributed by atoms with Crippen LogP contribution in [0.3, 0.4) is 0 Å². The summed E-state index contributed by atoms with van der Waals surface area (Å²) in [5.74, 6) is -0.141. The predicted octanol–water partition coefficient (Wildman–Crippen LogP) is 5.06. The molecule has 1 aromatic carbocycles. The van der Waals surface area contributed by atoms with E-state index in [0.717, 1.165) is 5.56 Å². The molecule has 1 heterocycles. The lowest BCUT2D eigenvalue weighted by Crippen LogP contribution is -2.36. The number of aromatic nitrogens is 1. The fraction of sp³-hybridized carbons (Fsp3) is 0.368. The normalized spacial score (nSPS) is 13.6. The molecule has 0 bridgehead atoms. The van der Waals surface area contributed by atoms with E-state index >= 15 is 0 Å². The first-order chi connectivity index (χ1) is 11.6. The molecule has 0 saturated carbocycles. The van der Waals surface area contributed by atoms with Crippen LogP contribution in [-0.4, -0.2) is 22.6 Å². The molecule has 2 N–H and O–H groups in total. The summed E-state index contributed by atoms with van der Waals surface area (Å²) in [7, 11) is 0. The third kappa shape index (κ3) is 4.14. The van der Waals surface area contributed by atoms with E-state index in [-0.39, 0.29) is 17.6 Å². The molecule has 0 aliphatic rings. The number of hydrogen-bond donors (Lipinski definition) is 2. The number of carbonyl (C=O) groups excluding carboxylic acids is 2. The maximum Gasteiger partial charge on any atom is 0.195 e. The molecule has 1 aromatic heterocycles. The largest absolute Gasteiger partial charge is 0.355 e. The topological polar surface area (TPSA) is 62.0 Å². The van der Waals surface area contributed by atoms with E-state index in [2.05, 4.69) is 10.3 Å². The van der Waals surface area contributed by atoms with Crippen LogP contribution in [0, 0.1) is 13.8 Å².